The van der Waals surface area contributed by atoms with Crippen LogP contribution in [0.1, 0.15) is 26.7 Å². The van der Waals surface area contributed by atoms with Gasteiger partial charge in [0, 0.05) is 10.8 Å². The minimum atomic E-state index is -0.870. The SMILES string of the molecule is CCCC(C)C(=O)Nc1ccccc1SCC(=O)O. The lowest BCUT2D eigenvalue weighted by molar-refractivity contribution is -0.133. The summed E-state index contributed by atoms with van der Waals surface area (Å²) in [4.78, 5) is 23.3. The summed E-state index contributed by atoms with van der Waals surface area (Å²) in [6.45, 7) is 3.94. The second kappa shape index (κ2) is 7.84. The third kappa shape index (κ3) is 5.34. The number of thioether (sulfide) groups is 1. The number of anilines is 1. The molecule has 0 heterocycles. The van der Waals surface area contributed by atoms with Crippen LogP contribution in [0.15, 0.2) is 29.2 Å². The molecule has 0 aliphatic heterocycles. The molecule has 1 rings (SSSR count). The molecule has 4 nitrogen and oxygen atoms in total. The third-order valence-electron chi connectivity index (χ3n) is 2.67. The van der Waals surface area contributed by atoms with Crippen molar-refractivity contribution in [3.8, 4) is 0 Å². The van der Waals surface area contributed by atoms with Gasteiger partial charge in [-0.3, -0.25) is 9.59 Å². The van der Waals surface area contributed by atoms with Crippen LogP contribution in [0.4, 0.5) is 5.69 Å². The van der Waals surface area contributed by atoms with E-state index < -0.39 is 5.97 Å². The fraction of sp³-hybridized carbons (Fsp3) is 0.429. The molecule has 1 atom stereocenters. The van der Waals surface area contributed by atoms with E-state index in [0.717, 1.165) is 17.7 Å². The summed E-state index contributed by atoms with van der Waals surface area (Å²) in [7, 11) is 0. The van der Waals surface area contributed by atoms with E-state index >= 15 is 0 Å². The molecule has 5 heteroatoms. The number of amides is 1. The standard InChI is InChI=1S/C14H19NO3S/c1-3-6-10(2)14(18)15-11-7-4-5-8-12(11)19-9-13(16)17/h4-5,7-8,10H,3,6,9H2,1-2H3,(H,15,18)(H,16,17). The summed E-state index contributed by atoms with van der Waals surface area (Å²) < 4.78 is 0. The van der Waals surface area contributed by atoms with Crippen molar-refractivity contribution in [1.82, 2.24) is 0 Å². The van der Waals surface area contributed by atoms with E-state index in [-0.39, 0.29) is 17.6 Å². The molecular formula is C14H19NO3S. The Bertz CT molecular complexity index is 448. The molecule has 1 unspecified atom stereocenters. The Kier molecular flexibility index (Phi) is 6.42. The minimum absolute atomic E-state index is 0.0165. The molecule has 0 aromatic heterocycles. The molecule has 104 valence electrons. The lowest BCUT2D eigenvalue weighted by atomic mass is 10.1. The van der Waals surface area contributed by atoms with Crippen LogP contribution in [-0.4, -0.2) is 22.7 Å². The van der Waals surface area contributed by atoms with Crippen molar-refractivity contribution in [2.45, 2.75) is 31.6 Å². The number of carboxylic acid groups (broad SMARTS) is 1. The molecule has 19 heavy (non-hydrogen) atoms. The summed E-state index contributed by atoms with van der Waals surface area (Å²) in [6.07, 6.45) is 1.81. The zero-order chi connectivity index (χ0) is 14.3. The minimum Gasteiger partial charge on any atom is -0.481 e. The smallest absolute Gasteiger partial charge is 0.313 e. The van der Waals surface area contributed by atoms with E-state index in [1.807, 2.05) is 32.0 Å². The highest BCUT2D eigenvalue weighted by atomic mass is 32.2. The van der Waals surface area contributed by atoms with Crippen molar-refractivity contribution in [2.75, 3.05) is 11.1 Å². The predicted molar refractivity (Wildman–Crippen MR) is 77.5 cm³/mol. The van der Waals surface area contributed by atoms with E-state index in [0.29, 0.717) is 5.69 Å². The van der Waals surface area contributed by atoms with Crippen LogP contribution in [-0.2, 0) is 9.59 Å². The Labute approximate surface area is 117 Å². The average Bonchev–Trinajstić information content (AvgIpc) is 2.37. The quantitative estimate of drug-likeness (QED) is 0.753. The Morgan fingerprint density at radius 3 is 2.68 bits per heavy atom. The molecular weight excluding hydrogens is 262 g/mol. The van der Waals surface area contributed by atoms with Gasteiger partial charge in [-0.05, 0) is 18.6 Å². The molecule has 0 fully saturated rings. The molecule has 1 amide bonds. The number of para-hydroxylation sites is 1. The van der Waals surface area contributed by atoms with E-state index in [2.05, 4.69) is 5.32 Å². The Hall–Kier alpha value is -1.49. The molecule has 0 radical (unpaired) electrons. The Balaban J connectivity index is 2.71. The highest BCUT2D eigenvalue weighted by Gasteiger charge is 2.14. The van der Waals surface area contributed by atoms with E-state index in [9.17, 15) is 9.59 Å². The molecule has 1 aromatic rings. The number of hydrogen-bond acceptors (Lipinski definition) is 3. The monoisotopic (exact) mass is 281 g/mol. The van der Waals surface area contributed by atoms with Gasteiger partial charge in [-0.25, -0.2) is 0 Å². The highest BCUT2D eigenvalue weighted by molar-refractivity contribution is 8.00. The topological polar surface area (TPSA) is 66.4 Å². The van der Waals surface area contributed by atoms with E-state index in [1.54, 1.807) is 6.07 Å². The van der Waals surface area contributed by atoms with Crippen LogP contribution in [0, 0.1) is 5.92 Å². The maximum Gasteiger partial charge on any atom is 0.313 e. The van der Waals surface area contributed by atoms with Crippen LogP contribution in [0.2, 0.25) is 0 Å². The average molecular weight is 281 g/mol. The van der Waals surface area contributed by atoms with Crippen molar-refractivity contribution < 1.29 is 14.7 Å². The number of carbonyl (C=O) groups excluding carboxylic acids is 1. The lowest BCUT2D eigenvalue weighted by Gasteiger charge is -2.13. The first-order chi connectivity index (χ1) is 9.04. The maximum absolute atomic E-state index is 12.0. The van der Waals surface area contributed by atoms with Gasteiger partial charge in [0.15, 0.2) is 0 Å². The first-order valence-corrected chi connectivity index (χ1v) is 7.27. The van der Waals surface area contributed by atoms with Crippen molar-refractivity contribution in [1.29, 1.82) is 0 Å². The van der Waals surface area contributed by atoms with Gasteiger partial charge in [0.25, 0.3) is 0 Å². The summed E-state index contributed by atoms with van der Waals surface area (Å²) in [5.74, 6) is -0.949. The number of nitrogens with one attached hydrogen (secondary N) is 1. The van der Waals surface area contributed by atoms with Crippen LogP contribution < -0.4 is 5.32 Å². The zero-order valence-electron chi connectivity index (χ0n) is 11.2. The number of rotatable bonds is 7. The van der Waals surface area contributed by atoms with Crippen LogP contribution in [0.3, 0.4) is 0 Å². The Morgan fingerprint density at radius 2 is 2.05 bits per heavy atom. The van der Waals surface area contributed by atoms with Crippen LogP contribution in [0.5, 0.6) is 0 Å². The van der Waals surface area contributed by atoms with Crippen LogP contribution >= 0.6 is 11.8 Å². The number of aliphatic carboxylic acids is 1. The van der Waals surface area contributed by atoms with Crippen molar-refractivity contribution >= 4 is 29.3 Å². The van der Waals surface area contributed by atoms with E-state index in [1.165, 1.54) is 11.8 Å². The molecule has 0 spiro atoms. The number of carboxylic acids is 1. The molecule has 2 N–H and O–H groups in total. The third-order valence-corrected chi connectivity index (χ3v) is 3.72. The van der Waals surface area contributed by atoms with Gasteiger partial charge >= 0.3 is 5.97 Å². The molecule has 0 saturated carbocycles. The first kappa shape index (κ1) is 15.6. The highest BCUT2D eigenvalue weighted by Crippen LogP contribution is 2.27. The summed E-state index contributed by atoms with van der Waals surface area (Å²) >= 11 is 1.21. The lowest BCUT2D eigenvalue weighted by Crippen LogP contribution is -2.20. The van der Waals surface area contributed by atoms with Crippen molar-refractivity contribution in [3.63, 3.8) is 0 Å². The fourth-order valence-corrected chi connectivity index (χ4v) is 2.38. The summed E-state index contributed by atoms with van der Waals surface area (Å²) in [6, 6.07) is 7.26. The number of benzene rings is 1. The maximum atomic E-state index is 12.0. The second-order valence-corrected chi connectivity index (χ2v) is 5.37. The van der Waals surface area contributed by atoms with Gasteiger partial charge in [-0.15, -0.1) is 11.8 Å². The molecule has 0 saturated heterocycles. The molecule has 1 aromatic carbocycles. The Morgan fingerprint density at radius 1 is 1.37 bits per heavy atom. The summed E-state index contributed by atoms with van der Waals surface area (Å²) in [5, 5.41) is 11.6. The van der Waals surface area contributed by atoms with Gasteiger partial charge in [0.2, 0.25) is 5.91 Å². The van der Waals surface area contributed by atoms with Gasteiger partial charge in [-0.1, -0.05) is 32.4 Å². The zero-order valence-corrected chi connectivity index (χ0v) is 12.0. The fourth-order valence-electron chi connectivity index (χ4n) is 1.66. The number of carbonyl (C=O) groups is 2. The predicted octanol–water partition coefficient (Wildman–Crippen LogP) is 3.24. The molecule has 0 aliphatic rings. The van der Waals surface area contributed by atoms with Crippen molar-refractivity contribution in [3.05, 3.63) is 24.3 Å². The molecule has 0 bridgehead atoms. The normalized spacial score (nSPS) is 11.9. The molecule has 0 aliphatic carbocycles. The van der Waals surface area contributed by atoms with Gasteiger partial charge < -0.3 is 10.4 Å². The van der Waals surface area contributed by atoms with Crippen LogP contribution in [0.25, 0.3) is 0 Å². The van der Waals surface area contributed by atoms with Gasteiger partial charge in [0.1, 0.15) is 0 Å². The number of hydrogen-bond donors (Lipinski definition) is 2. The van der Waals surface area contributed by atoms with Crippen molar-refractivity contribution in [2.24, 2.45) is 5.92 Å². The largest absolute Gasteiger partial charge is 0.481 e. The van der Waals surface area contributed by atoms with Gasteiger partial charge in [0.05, 0.1) is 11.4 Å². The second-order valence-electron chi connectivity index (χ2n) is 4.36. The summed E-state index contributed by atoms with van der Waals surface area (Å²) in [5.41, 5.74) is 0.682. The van der Waals surface area contributed by atoms with Gasteiger partial charge in [-0.2, -0.15) is 0 Å². The first-order valence-electron chi connectivity index (χ1n) is 6.29. The van der Waals surface area contributed by atoms with E-state index in [4.69, 9.17) is 5.11 Å².